The highest BCUT2D eigenvalue weighted by Gasteiger charge is 2.47. The molecule has 0 spiro atoms. The third-order valence-electron chi connectivity index (χ3n) is 14.6. The van der Waals surface area contributed by atoms with Crippen LogP contribution in [0.1, 0.15) is 116 Å². The first kappa shape index (κ1) is 58.4. The largest absolute Gasteiger partial charge is 0.493 e. The topological polar surface area (TPSA) is 272 Å². The summed E-state index contributed by atoms with van der Waals surface area (Å²) in [6.07, 6.45) is -0.311. The molecular weight excluding hydrogens is 1020 g/mol. The van der Waals surface area contributed by atoms with Gasteiger partial charge in [0.25, 0.3) is 17.7 Å². The predicted octanol–water partition coefficient (Wildman–Crippen LogP) is 5.89. The maximum atomic E-state index is 14.5. The molecule has 0 bridgehead atoms. The van der Waals surface area contributed by atoms with Gasteiger partial charge in [-0.3, -0.25) is 24.2 Å². The summed E-state index contributed by atoms with van der Waals surface area (Å²) in [5.74, 6) is 5.65. The summed E-state index contributed by atoms with van der Waals surface area (Å²) in [6.45, 7) is 16.9. The van der Waals surface area contributed by atoms with Gasteiger partial charge in [0, 0.05) is 50.8 Å². The van der Waals surface area contributed by atoms with Crippen molar-refractivity contribution in [2.24, 2.45) is 10.9 Å². The van der Waals surface area contributed by atoms with Gasteiger partial charge in [-0.2, -0.15) is 0 Å². The molecule has 5 heterocycles. The van der Waals surface area contributed by atoms with Crippen molar-refractivity contribution >= 4 is 41.4 Å². The minimum Gasteiger partial charge on any atom is -0.493 e. The fourth-order valence-corrected chi connectivity index (χ4v) is 9.99. The first-order valence-corrected chi connectivity index (χ1v) is 26.6. The quantitative estimate of drug-likeness (QED) is 0.0421. The van der Waals surface area contributed by atoms with E-state index in [0.717, 1.165) is 10.5 Å². The van der Waals surface area contributed by atoms with Crippen LogP contribution >= 0.6 is 0 Å². The van der Waals surface area contributed by atoms with Crippen molar-refractivity contribution in [1.82, 2.24) is 15.1 Å². The number of aliphatic hydroxyl groups is 3. The fraction of sp³-hybridized carbons (Fsp3) is 0.526. The molecular formula is C57H74N6O16. The number of carbonyl (C=O) groups is 4. The van der Waals surface area contributed by atoms with Gasteiger partial charge in [0.15, 0.2) is 29.2 Å². The number of unbranched alkanes of at least 4 members (excludes halogenated alkanes) is 2. The zero-order valence-corrected chi connectivity index (χ0v) is 45.8. The lowest BCUT2D eigenvalue weighted by Crippen LogP contribution is -2.50. The molecule has 0 aromatic heterocycles. The van der Waals surface area contributed by atoms with Gasteiger partial charge in [-0.15, -0.1) is 0 Å². The lowest BCUT2D eigenvalue weighted by Gasteiger charge is -2.32. The molecule has 3 aromatic carbocycles. The Hall–Kier alpha value is -6.79. The molecule has 3 saturated heterocycles. The van der Waals surface area contributed by atoms with E-state index in [0.29, 0.717) is 92.2 Å². The van der Waals surface area contributed by atoms with Crippen molar-refractivity contribution in [1.29, 1.82) is 0 Å². The maximum Gasteiger partial charge on any atom is 0.416 e. The highest BCUT2D eigenvalue weighted by molar-refractivity contribution is 6.06. The Labute approximate surface area is 459 Å². The molecule has 5 aliphatic rings. The van der Waals surface area contributed by atoms with E-state index in [-0.39, 0.29) is 85.2 Å². The summed E-state index contributed by atoms with van der Waals surface area (Å²) in [4.78, 5) is 70.0. The van der Waals surface area contributed by atoms with Crippen LogP contribution in [0.2, 0.25) is 0 Å². The van der Waals surface area contributed by atoms with E-state index in [4.69, 9.17) is 48.6 Å². The average molecular weight is 1100 g/mol. The number of hydrogen-bond donors (Lipinski definition) is 5. The normalized spacial score (nSPS) is 21.9. The molecule has 6 N–H and O–H groups in total. The van der Waals surface area contributed by atoms with E-state index >= 15 is 0 Å². The minimum absolute atomic E-state index is 0.00125. The number of carbonyl (C=O) groups excluding carboxylic acids is 4. The van der Waals surface area contributed by atoms with Gasteiger partial charge in [0.05, 0.1) is 98.1 Å². The number of amides is 4. The van der Waals surface area contributed by atoms with Gasteiger partial charge in [0.1, 0.15) is 18.5 Å². The molecule has 22 heteroatoms. The number of ether oxygens (including phenoxy) is 8. The van der Waals surface area contributed by atoms with Gasteiger partial charge in [-0.1, -0.05) is 30.4 Å². The Morgan fingerprint density at radius 2 is 1.48 bits per heavy atom. The van der Waals surface area contributed by atoms with E-state index < -0.39 is 66.5 Å². The molecule has 0 saturated carbocycles. The van der Waals surface area contributed by atoms with Crippen LogP contribution < -0.4 is 39.8 Å². The van der Waals surface area contributed by atoms with Crippen LogP contribution in [-0.2, 0) is 25.7 Å². The summed E-state index contributed by atoms with van der Waals surface area (Å²) in [6, 6.07) is 9.88. The van der Waals surface area contributed by atoms with Crippen LogP contribution in [0, 0.1) is 0 Å². The second-order valence-electron chi connectivity index (χ2n) is 21.7. The van der Waals surface area contributed by atoms with Crippen LogP contribution in [0.25, 0.3) is 0 Å². The molecule has 3 fully saturated rings. The van der Waals surface area contributed by atoms with E-state index in [2.05, 4.69) is 23.5 Å². The average Bonchev–Trinajstić information content (AvgIpc) is 4.09. The molecule has 0 aliphatic carbocycles. The third-order valence-corrected chi connectivity index (χ3v) is 14.6. The number of nitrogens with two attached hydrogens (primary N) is 1. The van der Waals surface area contributed by atoms with E-state index in [9.17, 15) is 34.5 Å². The maximum absolute atomic E-state index is 14.5. The van der Waals surface area contributed by atoms with Crippen LogP contribution in [0.5, 0.6) is 28.7 Å². The van der Waals surface area contributed by atoms with Crippen LogP contribution in [0.3, 0.4) is 0 Å². The standard InChI is InChI=1S/C57H74N6O16/c1-33-20-36-28-60-41-26-48(46(71-7)24-38(41)51(67)61(36)29-33)73-17-10-9-11-18-74-49-27-42-39(25-47(49)72-8)52(68)62-30-34(2)21-43(62)53(69)63(42)55(70)76-31-35-12-13-45(78-54-44(65)23-37(64)32-75-54)40(22-35)50(66)59-16-14-56(3,4)77-19-15-57(5,6)79-58/h12-13,22,24-28,36-37,43-44,53-54,64-65,69H,1-2,9-11,14-21,23,29-32,58H2,3-8H3,(H,59,66)/t36?,37?,43?,44?,53?,54-/m0/s1. The van der Waals surface area contributed by atoms with Gasteiger partial charge in [-0.05, 0) is 96.0 Å². The zero-order valence-electron chi connectivity index (χ0n) is 45.8. The molecule has 79 heavy (non-hydrogen) atoms. The van der Waals surface area contributed by atoms with E-state index in [1.807, 2.05) is 27.7 Å². The number of benzene rings is 3. The second-order valence-corrected chi connectivity index (χ2v) is 21.7. The molecule has 4 amide bonds. The number of rotatable bonds is 23. The van der Waals surface area contributed by atoms with Crippen molar-refractivity contribution < 1.29 is 77.2 Å². The Morgan fingerprint density at radius 1 is 0.810 bits per heavy atom. The third kappa shape index (κ3) is 13.8. The molecule has 3 aromatic rings. The summed E-state index contributed by atoms with van der Waals surface area (Å²) >= 11 is 0. The number of nitrogens with one attached hydrogen (secondary N) is 1. The number of hydrogen-bond acceptors (Lipinski definition) is 18. The molecule has 8 rings (SSSR count). The van der Waals surface area contributed by atoms with Crippen LogP contribution in [0.4, 0.5) is 16.2 Å². The van der Waals surface area contributed by atoms with Crippen molar-refractivity contribution in [3.05, 3.63) is 89.0 Å². The first-order valence-electron chi connectivity index (χ1n) is 26.6. The van der Waals surface area contributed by atoms with Crippen molar-refractivity contribution in [2.45, 2.75) is 134 Å². The number of nitrogens with zero attached hydrogens (tertiary/aromatic N) is 4. The molecule has 22 nitrogen and oxygen atoms in total. The Bertz CT molecular complexity index is 2800. The highest BCUT2D eigenvalue weighted by atomic mass is 16.7. The second kappa shape index (κ2) is 25.1. The highest BCUT2D eigenvalue weighted by Crippen LogP contribution is 2.43. The van der Waals surface area contributed by atoms with Crippen molar-refractivity contribution in [2.75, 3.05) is 65.2 Å². The lowest BCUT2D eigenvalue weighted by atomic mass is 10.0. The fourth-order valence-electron chi connectivity index (χ4n) is 9.99. The molecule has 428 valence electrons. The van der Waals surface area contributed by atoms with E-state index in [1.54, 1.807) is 29.3 Å². The van der Waals surface area contributed by atoms with Crippen LogP contribution in [-0.4, -0.2) is 163 Å². The predicted molar refractivity (Wildman–Crippen MR) is 289 cm³/mol. The van der Waals surface area contributed by atoms with Crippen molar-refractivity contribution in [3.63, 3.8) is 0 Å². The Balaban J connectivity index is 0.939. The monoisotopic (exact) mass is 1100 g/mol. The molecule has 5 unspecified atom stereocenters. The molecule has 5 aliphatic heterocycles. The zero-order chi connectivity index (χ0) is 56.8. The van der Waals surface area contributed by atoms with Gasteiger partial charge in [0.2, 0.25) is 6.29 Å². The number of aliphatic imine (C=N–C) groups is 1. The van der Waals surface area contributed by atoms with Gasteiger partial charge in [-0.25, -0.2) is 15.6 Å². The molecule has 6 atom stereocenters. The minimum atomic E-state index is -1.58. The summed E-state index contributed by atoms with van der Waals surface area (Å²) < 4.78 is 47.3. The van der Waals surface area contributed by atoms with Gasteiger partial charge < -0.3 is 68.3 Å². The number of anilines is 1. The Kier molecular flexibility index (Phi) is 18.6. The number of methoxy groups -OCH3 is 2. The number of fused-ring (bicyclic) bond motifs is 4. The summed E-state index contributed by atoms with van der Waals surface area (Å²) in [7, 11) is 2.95. The summed E-state index contributed by atoms with van der Waals surface area (Å²) in [5, 5.41) is 35.6. The summed E-state index contributed by atoms with van der Waals surface area (Å²) in [5.41, 5.74) is 1.88. The smallest absolute Gasteiger partial charge is 0.416 e. The van der Waals surface area contributed by atoms with Crippen molar-refractivity contribution in [3.8, 4) is 28.7 Å². The Morgan fingerprint density at radius 3 is 2.18 bits per heavy atom. The van der Waals surface area contributed by atoms with E-state index in [1.165, 1.54) is 43.4 Å². The SMILES string of the molecule is C=C1CC2C=Nc3cc(OCCCCCOc4cc5c(cc4OC)C(=O)N4CC(=C)CC4C(O)N5C(=O)OCc4ccc(O[C@@H]5OCC(O)CC5O)c(C(=O)NCCC(C)(C)OCCC(C)(C)ON)c4)c(OC)cc3C(=O)N2C1. The van der Waals surface area contributed by atoms with Gasteiger partial charge >= 0.3 is 6.09 Å². The number of aliphatic hydroxyl groups excluding tert-OH is 3. The molecule has 0 radical (unpaired) electrons. The van der Waals surface area contributed by atoms with Crippen LogP contribution in [0.15, 0.2) is 71.8 Å². The first-order chi connectivity index (χ1) is 37.7. The lowest BCUT2D eigenvalue weighted by molar-refractivity contribution is -0.198.